The van der Waals surface area contributed by atoms with Crippen LogP contribution in [0.1, 0.15) is 11.1 Å². The van der Waals surface area contributed by atoms with Crippen LogP contribution in [0.15, 0.2) is 23.4 Å². The van der Waals surface area contributed by atoms with Gasteiger partial charge in [0.25, 0.3) is 0 Å². The van der Waals surface area contributed by atoms with Crippen LogP contribution in [0.25, 0.3) is 0 Å². The van der Waals surface area contributed by atoms with Gasteiger partial charge in [0.2, 0.25) is 0 Å². The number of benzene rings is 1. The van der Waals surface area contributed by atoms with E-state index >= 15 is 0 Å². The molecule has 0 atom stereocenters. The summed E-state index contributed by atoms with van der Waals surface area (Å²) >= 11 is 0. The third-order valence-electron chi connectivity index (χ3n) is 3.73. The molecule has 6 heteroatoms. The number of amidine groups is 1. The molecule has 0 radical (unpaired) electrons. The van der Waals surface area contributed by atoms with Crippen LogP contribution in [-0.2, 0) is 0 Å². The number of anilines is 1. The molecule has 0 unspecified atom stereocenters. The zero-order valence-corrected chi connectivity index (χ0v) is 11.8. The first-order chi connectivity index (χ1) is 9.67. The van der Waals surface area contributed by atoms with Crippen molar-refractivity contribution in [2.45, 2.75) is 6.92 Å². The van der Waals surface area contributed by atoms with Crippen LogP contribution in [0, 0.1) is 6.92 Å². The van der Waals surface area contributed by atoms with Crippen molar-refractivity contribution in [3.63, 3.8) is 0 Å². The molecule has 1 aromatic rings. The van der Waals surface area contributed by atoms with E-state index in [2.05, 4.69) is 15.0 Å². The molecule has 0 saturated carbocycles. The highest BCUT2D eigenvalue weighted by Gasteiger charge is 2.21. The van der Waals surface area contributed by atoms with Gasteiger partial charge in [-0.3, -0.25) is 4.90 Å². The summed E-state index contributed by atoms with van der Waals surface area (Å²) in [6, 6.07) is 5.81. The second kappa shape index (κ2) is 6.58. The summed E-state index contributed by atoms with van der Waals surface area (Å²) in [6.07, 6.45) is 0. The number of rotatable bonds is 4. The molecule has 1 fully saturated rings. The smallest absolute Gasteiger partial charge is 0.172 e. The number of β-amino-alcohol motifs (C(OH)–C–C–N with tert-alkyl or cyclic N) is 1. The van der Waals surface area contributed by atoms with E-state index in [4.69, 9.17) is 16.0 Å². The van der Waals surface area contributed by atoms with Gasteiger partial charge in [-0.1, -0.05) is 17.3 Å². The minimum absolute atomic E-state index is 0.140. The number of aliphatic hydroxyl groups is 1. The SMILES string of the molecule is Cc1cccc(/C(N)=N/O)c1N1CCN(CCO)CC1. The van der Waals surface area contributed by atoms with Crippen molar-refractivity contribution < 1.29 is 10.3 Å². The normalized spacial score (nSPS) is 17.5. The molecule has 0 amide bonds. The number of para-hydroxylation sites is 1. The third-order valence-corrected chi connectivity index (χ3v) is 3.73. The lowest BCUT2D eigenvalue weighted by Gasteiger charge is -2.37. The number of oxime groups is 1. The second-order valence-electron chi connectivity index (χ2n) is 5.01. The number of hydrogen-bond acceptors (Lipinski definition) is 5. The molecular formula is C14H22N4O2. The molecule has 20 heavy (non-hydrogen) atoms. The van der Waals surface area contributed by atoms with Crippen LogP contribution in [-0.4, -0.2) is 60.4 Å². The predicted octanol–water partition coefficient (Wildman–Crippen LogP) is 0.204. The topological polar surface area (TPSA) is 85.3 Å². The lowest BCUT2D eigenvalue weighted by atomic mass is 10.0. The summed E-state index contributed by atoms with van der Waals surface area (Å²) in [7, 11) is 0. The standard InChI is InChI=1S/C14H22N4O2/c1-11-3-2-4-12(14(15)16-20)13(11)18-7-5-17(6-8-18)9-10-19/h2-4,19-20H,5-10H2,1H3,(H2,15,16). The zero-order chi connectivity index (χ0) is 14.5. The average molecular weight is 278 g/mol. The predicted molar refractivity (Wildman–Crippen MR) is 79.4 cm³/mol. The van der Waals surface area contributed by atoms with Gasteiger partial charge in [-0.05, 0) is 18.6 Å². The van der Waals surface area contributed by atoms with Gasteiger partial charge in [0.05, 0.1) is 12.3 Å². The van der Waals surface area contributed by atoms with Crippen molar-refractivity contribution in [2.24, 2.45) is 10.9 Å². The Hall–Kier alpha value is -1.79. The lowest BCUT2D eigenvalue weighted by Crippen LogP contribution is -2.48. The highest BCUT2D eigenvalue weighted by atomic mass is 16.4. The number of nitrogens with two attached hydrogens (primary N) is 1. The Balaban J connectivity index is 2.21. The van der Waals surface area contributed by atoms with E-state index in [0.717, 1.165) is 43.0 Å². The highest BCUT2D eigenvalue weighted by Crippen LogP contribution is 2.26. The zero-order valence-electron chi connectivity index (χ0n) is 11.8. The molecule has 0 spiro atoms. The van der Waals surface area contributed by atoms with E-state index in [0.29, 0.717) is 6.54 Å². The summed E-state index contributed by atoms with van der Waals surface area (Å²) in [5.41, 5.74) is 8.69. The Labute approximate surface area is 119 Å². The van der Waals surface area contributed by atoms with Crippen molar-refractivity contribution in [1.29, 1.82) is 0 Å². The fourth-order valence-corrected chi connectivity index (χ4v) is 2.68. The van der Waals surface area contributed by atoms with Crippen LogP contribution >= 0.6 is 0 Å². The van der Waals surface area contributed by atoms with Crippen molar-refractivity contribution in [3.8, 4) is 0 Å². The maximum atomic E-state index is 8.98. The summed E-state index contributed by atoms with van der Waals surface area (Å²) < 4.78 is 0. The van der Waals surface area contributed by atoms with Gasteiger partial charge >= 0.3 is 0 Å². The molecule has 0 aromatic heterocycles. The molecule has 2 rings (SSSR count). The minimum Gasteiger partial charge on any atom is -0.409 e. The van der Waals surface area contributed by atoms with Crippen molar-refractivity contribution in [2.75, 3.05) is 44.2 Å². The average Bonchev–Trinajstić information content (AvgIpc) is 2.47. The van der Waals surface area contributed by atoms with Crippen LogP contribution < -0.4 is 10.6 Å². The van der Waals surface area contributed by atoms with Crippen LogP contribution in [0.3, 0.4) is 0 Å². The maximum Gasteiger partial charge on any atom is 0.172 e. The molecule has 1 aliphatic heterocycles. The number of hydrogen-bond donors (Lipinski definition) is 3. The van der Waals surface area contributed by atoms with Crippen LogP contribution in [0.5, 0.6) is 0 Å². The van der Waals surface area contributed by atoms with Crippen molar-refractivity contribution in [3.05, 3.63) is 29.3 Å². The fraction of sp³-hybridized carbons (Fsp3) is 0.500. The first-order valence-electron chi connectivity index (χ1n) is 6.83. The summed E-state index contributed by atoms with van der Waals surface area (Å²) in [4.78, 5) is 4.49. The molecule has 1 aromatic carbocycles. The largest absolute Gasteiger partial charge is 0.409 e. The van der Waals surface area contributed by atoms with Gasteiger partial charge in [0.1, 0.15) is 0 Å². The van der Waals surface area contributed by atoms with Gasteiger partial charge in [-0.25, -0.2) is 0 Å². The van der Waals surface area contributed by atoms with Crippen LogP contribution in [0.4, 0.5) is 5.69 Å². The Morgan fingerprint density at radius 3 is 2.60 bits per heavy atom. The minimum atomic E-state index is 0.140. The molecule has 0 aliphatic carbocycles. The van der Waals surface area contributed by atoms with Gasteiger partial charge < -0.3 is 20.9 Å². The second-order valence-corrected chi connectivity index (χ2v) is 5.01. The summed E-state index contributed by atoms with van der Waals surface area (Å²) in [5.74, 6) is 0.140. The monoisotopic (exact) mass is 278 g/mol. The quantitative estimate of drug-likeness (QED) is 0.317. The van der Waals surface area contributed by atoms with Crippen molar-refractivity contribution in [1.82, 2.24) is 4.90 Å². The molecule has 1 heterocycles. The molecule has 1 saturated heterocycles. The summed E-state index contributed by atoms with van der Waals surface area (Å²) in [6.45, 7) is 6.50. The van der Waals surface area contributed by atoms with E-state index in [1.54, 1.807) is 0 Å². The van der Waals surface area contributed by atoms with E-state index in [1.807, 2.05) is 25.1 Å². The number of aliphatic hydroxyl groups excluding tert-OH is 1. The molecule has 110 valence electrons. The van der Waals surface area contributed by atoms with Crippen LogP contribution in [0.2, 0.25) is 0 Å². The molecule has 1 aliphatic rings. The molecule has 0 bridgehead atoms. The fourth-order valence-electron chi connectivity index (χ4n) is 2.68. The Morgan fingerprint density at radius 2 is 2.00 bits per heavy atom. The third kappa shape index (κ3) is 3.02. The lowest BCUT2D eigenvalue weighted by molar-refractivity contribution is 0.188. The van der Waals surface area contributed by atoms with Gasteiger partial charge in [0.15, 0.2) is 5.84 Å². The Kier molecular flexibility index (Phi) is 4.81. The van der Waals surface area contributed by atoms with E-state index in [1.165, 1.54) is 0 Å². The van der Waals surface area contributed by atoms with Crippen molar-refractivity contribution >= 4 is 11.5 Å². The van der Waals surface area contributed by atoms with E-state index < -0.39 is 0 Å². The molecular weight excluding hydrogens is 256 g/mol. The first-order valence-corrected chi connectivity index (χ1v) is 6.83. The van der Waals surface area contributed by atoms with E-state index in [-0.39, 0.29) is 12.4 Å². The first kappa shape index (κ1) is 14.6. The maximum absolute atomic E-state index is 8.98. The van der Waals surface area contributed by atoms with Gasteiger partial charge in [-0.2, -0.15) is 0 Å². The Bertz CT molecular complexity index is 482. The van der Waals surface area contributed by atoms with Gasteiger partial charge in [-0.15, -0.1) is 0 Å². The molecule has 4 N–H and O–H groups in total. The van der Waals surface area contributed by atoms with Gasteiger partial charge in [0, 0.05) is 38.3 Å². The summed E-state index contributed by atoms with van der Waals surface area (Å²) in [5, 5.41) is 21.0. The Morgan fingerprint density at radius 1 is 1.30 bits per heavy atom. The highest BCUT2D eigenvalue weighted by molar-refractivity contribution is 6.02. The number of piperazine rings is 1. The molecule has 6 nitrogen and oxygen atoms in total. The number of nitrogens with zero attached hydrogens (tertiary/aromatic N) is 3. The number of aryl methyl sites for hydroxylation is 1. The van der Waals surface area contributed by atoms with E-state index in [9.17, 15) is 0 Å².